The summed E-state index contributed by atoms with van der Waals surface area (Å²) in [5.74, 6) is -0.413. The third-order valence-electron chi connectivity index (χ3n) is 1.61. The number of esters is 1. The fourth-order valence-corrected chi connectivity index (χ4v) is 0.992. The van der Waals surface area contributed by atoms with Crippen LogP contribution in [-0.2, 0) is 4.74 Å². The number of carbonyl (C=O) groups excluding carboxylic acids is 1. The molecule has 78 valence electrons. The Hall–Kier alpha value is -1.54. The number of benzene rings is 1. The first-order valence-corrected chi connectivity index (χ1v) is 4.76. The molecule has 0 amide bonds. The number of ether oxygens (including phenoxy) is 1. The van der Waals surface area contributed by atoms with Crippen LogP contribution in [0.4, 0.5) is 0 Å². The monoisotopic (exact) mass is 222 g/mol. The molecule has 0 saturated heterocycles. The number of hydrogen-bond donors (Lipinski definition) is 0. The zero-order valence-corrected chi connectivity index (χ0v) is 9.12. The summed E-state index contributed by atoms with van der Waals surface area (Å²) in [4.78, 5) is 11.4. The van der Waals surface area contributed by atoms with Crippen molar-refractivity contribution in [1.29, 1.82) is 0 Å². The van der Waals surface area contributed by atoms with Crippen LogP contribution in [0.2, 0.25) is 5.02 Å². The van der Waals surface area contributed by atoms with Gasteiger partial charge in [-0.2, -0.15) is 0 Å². The minimum absolute atomic E-state index is 0.413. The first-order valence-electron chi connectivity index (χ1n) is 4.38. The van der Waals surface area contributed by atoms with E-state index < -0.39 is 5.97 Å². The van der Waals surface area contributed by atoms with E-state index in [0.717, 1.165) is 5.57 Å². The smallest absolute Gasteiger partial charge is 0.342 e. The fraction of sp³-hybridized carbons (Fsp3) is 0.0833. The topological polar surface area (TPSA) is 26.3 Å². The Bertz CT molecular complexity index is 391. The van der Waals surface area contributed by atoms with Gasteiger partial charge in [-0.15, -0.1) is 0 Å². The van der Waals surface area contributed by atoms with Crippen molar-refractivity contribution < 1.29 is 9.53 Å². The molecule has 0 heterocycles. The number of hydrogen-bond acceptors (Lipinski definition) is 2. The molecule has 3 heteroatoms. The quantitative estimate of drug-likeness (QED) is 0.444. The Balaban J connectivity index is 2.62. The van der Waals surface area contributed by atoms with E-state index in [1.165, 1.54) is 6.26 Å². The average molecular weight is 223 g/mol. The molecule has 0 spiro atoms. The number of carbonyl (C=O) groups is 1. The molecule has 0 aliphatic rings. The van der Waals surface area contributed by atoms with Gasteiger partial charge in [-0.3, -0.25) is 0 Å². The first-order chi connectivity index (χ1) is 7.09. The zero-order valence-electron chi connectivity index (χ0n) is 8.37. The Labute approximate surface area is 93.8 Å². The highest BCUT2D eigenvalue weighted by Crippen LogP contribution is 2.10. The predicted molar refractivity (Wildman–Crippen MR) is 60.8 cm³/mol. The number of allylic oxidation sites excluding steroid dienone is 2. The van der Waals surface area contributed by atoms with Gasteiger partial charge in [-0.25, -0.2) is 4.79 Å². The lowest BCUT2D eigenvalue weighted by molar-refractivity contribution is 0.0663. The van der Waals surface area contributed by atoms with Gasteiger partial charge < -0.3 is 4.74 Å². The summed E-state index contributed by atoms with van der Waals surface area (Å²) in [5, 5.41) is 0.587. The Morgan fingerprint density at radius 2 is 2.00 bits per heavy atom. The third kappa shape index (κ3) is 4.00. The lowest BCUT2D eigenvalue weighted by atomic mass is 10.2. The molecule has 0 fully saturated rings. The van der Waals surface area contributed by atoms with Crippen molar-refractivity contribution in [2.24, 2.45) is 0 Å². The van der Waals surface area contributed by atoms with Crippen molar-refractivity contribution >= 4 is 17.6 Å². The second kappa shape index (κ2) is 5.37. The van der Waals surface area contributed by atoms with Gasteiger partial charge in [-0.05, 0) is 37.3 Å². The molecule has 0 bridgehead atoms. The van der Waals surface area contributed by atoms with Crippen LogP contribution in [0.15, 0.2) is 48.8 Å². The summed E-state index contributed by atoms with van der Waals surface area (Å²) in [6, 6.07) is 6.50. The van der Waals surface area contributed by atoms with Crippen LogP contribution in [0.1, 0.15) is 17.3 Å². The van der Waals surface area contributed by atoms with E-state index in [1.54, 1.807) is 30.3 Å². The van der Waals surface area contributed by atoms with E-state index >= 15 is 0 Å². The molecule has 1 aromatic carbocycles. The van der Waals surface area contributed by atoms with Gasteiger partial charge in [0.15, 0.2) is 0 Å². The largest absolute Gasteiger partial charge is 0.431 e. The summed E-state index contributed by atoms with van der Waals surface area (Å²) >= 11 is 5.68. The maximum Gasteiger partial charge on any atom is 0.342 e. The predicted octanol–water partition coefficient (Wildman–Crippen LogP) is 3.59. The van der Waals surface area contributed by atoms with E-state index in [4.69, 9.17) is 16.3 Å². The summed E-state index contributed by atoms with van der Waals surface area (Å²) in [6.07, 6.45) is 2.94. The van der Waals surface area contributed by atoms with Crippen molar-refractivity contribution in [3.8, 4) is 0 Å². The van der Waals surface area contributed by atoms with Gasteiger partial charge in [0, 0.05) is 5.02 Å². The van der Waals surface area contributed by atoms with Gasteiger partial charge in [0.25, 0.3) is 0 Å². The minimum Gasteiger partial charge on any atom is -0.431 e. The van der Waals surface area contributed by atoms with Gasteiger partial charge in [0.2, 0.25) is 0 Å². The maximum atomic E-state index is 11.4. The van der Waals surface area contributed by atoms with E-state index in [9.17, 15) is 4.79 Å². The van der Waals surface area contributed by atoms with Crippen LogP contribution >= 0.6 is 11.6 Å². The van der Waals surface area contributed by atoms with Crippen LogP contribution in [0.3, 0.4) is 0 Å². The zero-order chi connectivity index (χ0) is 11.3. The normalized spacial score (nSPS) is 10.3. The highest BCUT2D eigenvalue weighted by atomic mass is 35.5. The molecule has 0 aliphatic carbocycles. The van der Waals surface area contributed by atoms with Crippen LogP contribution in [-0.4, -0.2) is 5.97 Å². The summed E-state index contributed by atoms with van der Waals surface area (Å²) < 4.78 is 4.86. The summed E-state index contributed by atoms with van der Waals surface area (Å²) in [7, 11) is 0. The molecule has 0 aromatic heterocycles. The van der Waals surface area contributed by atoms with Crippen LogP contribution in [0, 0.1) is 0 Å². The molecule has 1 rings (SSSR count). The van der Waals surface area contributed by atoms with E-state index in [-0.39, 0.29) is 0 Å². The molecule has 15 heavy (non-hydrogen) atoms. The molecule has 0 radical (unpaired) electrons. The van der Waals surface area contributed by atoms with Crippen LogP contribution < -0.4 is 0 Å². The van der Waals surface area contributed by atoms with Gasteiger partial charge in [0.1, 0.15) is 0 Å². The van der Waals surface area contributed by atoms with Crippen molar-refractivity contribution in [2.75, 3.05) is 0 Å². The van der Waals surface area contributed by atoms with E-state index in [1.807, 2.05) is 6.92 Å². The molecule has 0 unspecified atom stereocenters. The SMILES string of the molecule is C=C(C)/C=C\OC(=O)c1ccc(Cl)cc1. The van der Waals surface area contributed by atoms with Gasteiger partial charge in [-0.1, -0.05) is 23.8 Å². The third-order valence-corrected chi connectivity index (χ3v) is 1.86. The summed E-state index contributed by atoms with van der Waals surface area (Å²) in [5.41, 5.74) is 1.28. The molecule has 1 aromatic rings. The second-order valence-electron chi connectivity index (χ2n) is 3.06. The lowest BCUT2D eigenvalue weighted by Crippen LogP contribution is -1.99. The molecule has 0 aliphatic heterocycles. The number of rotatable bonds is 3. The second-order valence-corrected chi connectivity index (χ2v) is 3.50. The Morgan fingerprint density at radius 1 is 1.40 bits per heavy atom. The molecular weight excluding hydrogens is 212 g/mol. The molecule has 2 nitrogen and oxygen atoms in total. The van der Waals surface area contributed by atoms with E-state index in [0.29, 0.717) is 10.6 Å². The highest BCUT2D eigenvalue weighted by Gasteiger charge is 2.04. The molecule has 0 atom stereocenters. The molecule has 0 saturated carbocycles. The van der Waals surface area contributed by atoms with Crippen molar-refractivity contribution in [2.45, 2.75) is 6.92 Å². The molecule has 0 N–H and O–H groups in total. The van der Waals surface area contributed by atoms with Crippen molar-refractivity contribution in [3.05, 3.63) is 59.3 Å². The minimum atomic E-state index is -0.413. The van der Waals surface area contributed by atoms with Crippen LogP contribution in [0.5, 0.6) is 0 Å². The van der Waals surface area contributed by atoms with Gasteiger partial charge >= 0.3 is 5.97 Å². The average Bonchev–Trinajstić information content (AvgIpc) is 2.18. The Kier molecular flexibility index (Phi) is 4.13. The standard InChI is InChI=1S/C12H11ClO2/c1-9(2)7-8-15-12(14)10-3-5-11(13)6-4-10/h3-8H,1H2,2H3/b8-7-. The van der Waals surface area contributed by atoms with Crippen molar-refractivity contribution in [3.63, 3.8) is 0 Å². The number of halogens is 1. The van der Waals surface area contributed by atoms with Crippen molar-refractivity contribution in [1.82, 2.24) is 0 Å². The van der Waals surface area contributed by atoms with Crippen LogP contribution in [0.25, 0.3) is 0 Å². The Morgan fingerprint density at radius 3 is 2.53 bits per heavy atom. The molecular formula is C12H11ClO2. The maximum absolute atomic E-state index is 11.4. The first kappa shape index (κ1) is 11.5. The summed E-state index contributed by atoms with van der Waals surface area (Å²) in [6.45, 7) is 5.45. The highest BCUT2D eigenvalue weighted by molar-refractivity contribution is 6.30. The lowest BCUT2D eigenvalue weighted by Gasteiger charge is -1.98. The van der Waals surface area contributed by atoms with Gasteiger partial charge in [0.05, 0.1) is 11.8 Å². The fourth-order valence-electron chi connectivity index (χ4n) is 0.866. The van der Waals surface area contributed by atoms with E-state index in [2.05, 4.69) is 6.58 Å².